The van der Waals surface area contributed by atoms with Crippen LogP contribution in [0.5, 0.6) is 0 Å². The van der Waals surface area contributed by atoms with Gasteiger partial charge in [-0.05, 0) is 51.0 Å². The predicted molar refractivity (Wildman–Crippen MR) is 108 cm³/mol. The van der Waals surface area contributed by atoms with Crippen molar-refractivity contribution < 1.29 is 0 Å². The first-order valence-corrected chi connectivity index (χ1v) is 13.1. The largest absolute Gasteiger partial charge is 0.145 e. The third kappa shape index (κ3) is 2.20. The molecule has 2 atom stereocenters. The Bertz CT molecular complexity index is 790. The summed E-state index contributed by atoms with van der Waals surface area (Å²) in [5.41, 5.74) is 7.54. The highest BCUT2D eigenvalue weighted by Gasteiger charge is 2.47. The van der Waals surface area contributed by atoms with Gasteiger partial charge in [0, 0.05) is 30.6 Å². The second-order valence-corrected chi connectivity index (χ2v) is 15.2. The van der Waals surface area contributed by atoms with Crippen molar-refractivity contribution in [3.8, 4) is 0 Å². The Labute approximate surface area is 148 Å². The Morgan fingerprint density at radius 1 is 0.739 bits per heavy atom. The zero-order valence-corrected chi connectivity index (χ0v) is 17.4. The van der Waals surface area contributed by atoms with Crippen molar-refractivity contribution in [1.29, 1.82) is 0 Å². The van der Waals surface area contributed by atoms with E-state index in [0.717, 1.165) is 0 Å². The molecule has 2 heterocycles. The fraction of sp³-hybridized carbons (Fsp3) is 0.400. The number of rotatable bonds is 2. The van der Waals surface area contributed by atoms with Gasteiger partial charge in [-0.25, -0.2) is 0 Å². The van der Waals surface area contributed by atoms with E-state index in [4.69, 9.17) is 0 Å². The molecule has 2 aromatic rings. The maximum atomic E-state index is 2.62. The molecule has 0 spiro atoms. The minimum absolute atomic E-state index is 0.679. The van der Waals surface area contributed by atoms with Gasteiger partial charge in [0.2, 0.25) is 0 Å². The monoisotopic (exact) mass is 356 g/mol. The molecule has 0 bridgehead atoms. The normalized spacial score (nSPS) is 22.9. The number of fused-ring (bicyclic) bond motifs is 2. The first-order chi connectivity index (χ1) is 10.8. The van der Waals surface area contributed by atoms with Gasteiger partial charge in [-0.1, -0.05) is 36.4 Å². The number of hydrogen-bond donors (Lipinski definition) is 0. The van der Waals surface area contributed by atoms with Crippen LogP contribution in [0.1, 0.15) is 55.6 Å². The summed E-state index contributed by atoms with van der Waals surface area (Å²) in [6.45, 7) is 14.4. The van der Waals surface area contributed by atoms with E-state index in [9.17, 15) is 0 Å². The maximum absolute atomic E-state index is 2.62. The van der Waals surface area contributed by atoms with Gasteiger partial charge in [-0.2, -0.15) is 0 Å². The van der Waals surface area contributed by atoms with E-state index in [1.54, 1.807) is 20.9 Å². The summed E-state index contributed by atoms with van der Waals surface area (Å²) < 4.78 is 0. The van der Waals surface area contributed by atoms with Gasteiger partial charge in [-0.15, -0.1) is 22.7 Å². The molecule has 3 heteroatoms. The molecule has 2 aromatic heterocycles. The summed E-state index contributed by atoms with van der Waals surface area (Å²) in [4.78, 5) is 6.21. The molecule has 0 aromatic carbocycles. The maximum Gasteiger partial charge on any atom is 0.0743 e. The van der Waals surface area contributed by atoms with E-state index in [1.807, 2.05) is 22.7 Å². The van der Waals surface area contributed by atoms with Crippen LogP contribution < -0.4 is 0 Å². The number of aryl methyl sites for hydroxylation is 2. The van der Waals surface area contributed by atoms with Crippen molar-refractivity contribution in [1.82, 2.24) is 0 Å². The van der Waals surface area contributed by atoms with Gasteiger partial charge in [0.1, 0.15) is 0 Å². The van der Waals surface area contributed by atoms with Crippen LogP contribution >= 0.6 is 22.7 Å². The zero-order chi connectivity index (χ0) is 16.5. The van der Waals surface area contributed by atoms with Crippen LogP contribution in [0.4, 0.5) is 0 Å². The molecular weight excluding hydrogens is 332 g/mol. The molecule has 0 radical (unpaired) electrons. The second kappa shape index (κ2) is 5.04. The Hall–Kier alpha value is -0.903. The van der Waals surface area contributed by atoms with E-state index in [-0.39, 0.29) is 0 Å². The molecular formula is C20H24S2Si. The van der Waals surface area contributed by atoms with Gasteiger partial charge in [0.15, 0.2) is 0 Å². The molecule has 2 aliphatic rings. The molecule has 0 saturated carbocycles. The number of hydrogen-bond acceptors (Lipinski definition) is 2. The van der Waals surface area contributed by atoms with Crippen LogP contribution in [0.3, 0.4) is 0 Å². The molecule has 0 N–H and O–H groups in total. The van der Waals surface area contributed by atoms with E-state index in [2.05, 4.69) is 65.1 Å². The Morgan fingerprint density at radius 3 is 1.52 bits per heavy atom. The summed E-state index contributed by atoms with van der Waals surface area (Å²) in [5, 5.41) is 0. The van der Waals surface area contributed by atoms with Crippen LogP contribution in [-0.2, 0) is 0 Å². The molecule has 0 aliphatic heterocycles. The molecule has 2 unspecified atom stereocenters. The average molecular weight is 357 g/mol. The quantitative estimate of drug-likeness (QED) is 0.513. The fourth-order valence-corrected chi connectivity index (χ4v) is 13.7. The Kier molecular flexibility index (Phi) is 3.42. The number of thiophene rings is 2. The van der Waals surface area contributed by atoms with Crippen molar-refractivity contribution in [2.45, 2.75) is 51.9 Å². The molecule has 120 valence electrons. The predicted octanol–water partition coefficient (Wildman–Crippen LogP) is 6.91. The minimum atomic E-state index is -1.55. The third-order valence-electron chi connectivity index (χ3n) is 5.52. The first kappa shape index (κ1) is 15.6. The van der Waals surface area contributed by atoms with Crippen molar-refractivity contribution in [2.24, 2.45) is 0 Å². The number of allylic oxidation sites excluding steroid dienone is 2. The van der Waals surface area contributed by atoms with E-state index < -0.39 is 8.07 Å². The molecule has 23 heavy (non-hydrogen) atoms. The van der Waals surface area contributed by atoms with E-state index >= 15 is 0 Å². The summed E-state index contributed by atoms with van der Waals surface area (Å²) in [7, 11) is -1.55. The van der Waals surface area contributed by atoms with Crippen LogP contribution in [0.2, 0.25) is 13.1 Å². The Balaban J connectivity index is 1.82. The molecule has 0 nitrogen and oxygen atoms in total. The lowest BCUT2D eigenvalue weighted by Crippen LogP contribution is -2.41. The lowest BCUT2D eigenvalue weighted by atomic mass is 10.2. The van der Waals surface area contributed by atoms with Gasteiger partial charge in [-0.3, -0.25) is 0 Å². The fourth-order valence-electron chi connectivity index (χ4n) is 4.87. The van der Waals surface area contributed by atoms with Gasteiger partial charge >= 0.3 is 0 Å². The van der Waals surface area contributed by atoms with Crippen molar-refractivity contribution in [3.63, 3.8) is 0 Å². The Morgan fingerprint density at radius 2 is 1.13 bits per heavy atom. The smallest absolute Gasteiger partial charge is 0.0743 e. The van der Waals surface area contributed by atoms with Crippen molar-refractivity contribution in [3.05, 3.63) is 53.9 Å². The topological polar surface area (TPSA) is 0 Å². The average Bonchev–Trinajstić information content (AvgIpc) is 3.06. The summed E-state index contributed by atoms with van der Waals surface area (Å²) in [5.74, 6) is 0. The lowest BCUT2D eigenvalue weighted by Gasteiger charge is -2.37. The van der Waals surface area contributed by atoms with Gasteiger partial charge in [0.25, 0.3) is 0 Å². The SMILES string of the molecule is CC1=Cc2cc(C)sc2C1[Si](C)(C)C1C(C)=Cc2cc(C)sc21. The van der Waals surface area contributed by atoms with Crippen LogP contribution in [-0.4, -0.2) is 8.07 Å². The molecule has 0 saturated heterocycles. The highest BCUT2D eigenvalue weighted by Crippen LogP contribution is 2.55. The highest BCUT2D eigenvalue weighted by atomic mass is 32.1. The first-order valence-electron chi connectivity index (χ1n) is 8.36. The van der Waals surface area contributed by atoms with Gasteiger partial charge in [0.05, 0.1) is 8.07 Å². The zero-order valence-electron chi connectivity index (χ0n) is 14.8. The summed E-state index contributed by atoms with van der Waals surface area (Å²) >= 11 is 4.06. The van der Waals surface area contributed by atoms with Crippen LogP contribution in [0.25, 0.3) is 12.2 Å². The van der Waals surface area contributed by atoms with E-state index in [1.165, 1.54) is 20.9 Å². The summed E-state index contributed by atoms with van der Waals surface area (Å²) in [6, 6.07) is 4.76. The molecule has 2 aliphatic carbocycles. The minimum Gasteiger partial charge on any atom is -0.145 e. The molecule has 0 fully saturated rings. The molecule has 4 rings (SSSR count). The summed E-state index contributed by atoms with van der Waals surface area (Å²) in [6.07, 6.45) is 4.90. The standard InChI is InChI=1S/C20H24S2Si/c1-11-7-15-9-13(3)21-17(15)19(11)23(5,6)20-12(2)8-16-10-14(4)22-18(16)20/h7-10,19-20H,1-6H3. The van der Waals surface area contributed by atoms with E-state index in [0.29, 0.717) is 11.1 Å². The highest BCUT2D eigenvalue weighted by molar-refractivity contribution is 7.14. The van der Waals surface area contributed by atoms with Crippen molar-refractivity contribution >= 4 is 42.9 Å². The lowest BCUT2D eigenvalue weighted by molar-refractivity contribution is 0.994. The molecule has 0 amide bonds. The van der Waals surface area contributed by atoms with Gasteiger partial charge < -0.3 is 0 Å². The van der Waals surface area contributed by atoms with Crippen LogP contribution in [0.15, 0.2) is 23.3 Å². The third-order valence-corrected chi connectivity index (χ3v) is 12.7. The second-order valence-electron chi connectivity index (χ2n) is 7.82. The van der Waals surface area contributed by atoms with Crippen LogP contribution in [0, 0.1) is 13.8 Å². The van der Waals surface area contributed by atoms with Crippen molar-refractivity contribution in [2.75, 3.05) is 0 Å².